The zero-order valence-electron chi connectivity index (χ0n) is 22.8. The van der Waals surface area contributed by atoms with Crippen molar-refractivity contribution < 1.29 is 57.8 Å². The third kappa shape index (κ3) is 5.35. The molecule has 2 aromatic carbocycles. The molecule has 0 unspecified atom stereocenters. The zero-order chi connectivity index (χ0) is 30.0. The molecule has 2 N–H and O–H groups in total. The highest BCUT2D eigenvalue weighted by Crippen LogP contribution is 2.44. The molecule has 12 heteroatoms. The van der Waals surface area contributed by atoms with Gasteiger partial charge in [0.15, 0.2) is 34.5 Å². The average Bonchev–Trinajstić information content (AvgIpc) is 3.02. The van der Waals surface area contributed by atoms with E-state index >= 15 is 0 Å². The summed E-state index contributed by atoms with van der Waals surface area (Å²) in [5, 5.41) is 22.5. The van der Waals surface area contributed by atoms with Crippen molar-refractivity contribution in [3.8, 4) is 23.0 Å². The standard InChI is InChI=1S/C30H28O12/c1-37-23(31)13-17(15-3-5-19-21(11-15)41-9-7-39-19)25-27(33)29(35)26(30(36)28(25)34)18(14-24(32)38-2)16-4-6-20-22(12-16)42-10-8-40-20/h3-6,11-12,17-18,33,36H,7-10,13-14H2,1-2H3/t17-,18+. The van der Waals surface area contributed by atoms with E-state index in [1.807, 2.05) is 0 Å². The molecular weight excluding hydrogens is 552 g/mol. The first-order chi connectivity index (χ1) is 20.2. The maximum atomic E-state index is 13.7. The van der Waals surface area contributed by atoms with Gasteiger partial charge in [-0.2, -0.15) is 0 Å². The van der Waals surface area contributed by atoms with Gasteiger partial charge in [-0.05, 0) is 35.4 Å². The molecule has 220 valence electrons. The number of carbonyl (C=O) groups is 4. The van der Waals surface area contributed by atoms with Crippen molar-refractivity contribution in [1.82, 2.24) is 0 Å². The molecule has 0 saturated heterocycles. The number of aliphatic hydroxyl groups excluding tert-OH is 2. The monoisotopic (exact) mass is 580 g/mol. The molecular formula is C30H28O12. The zero-order valence-corrected chi connectivity index (χ0v) is 22.8. The van der Waals surface area contributed by atoms with Crippen molar-refractivity contribution >= 4 is 23.5 Å². The first kappa shape index (κ1) is 28.5. The molecule has 5 rings (SSSR count). The van der Waals surface area contributed by atoms with Crippen LogP contribution < -0.4 is 18.9 Å². The van der Waals surface area contributed by atoms with Gasteiger partial charge in [0, 0.05) is 11.8 Å². The number of ether oxygens (including phenoxy) is 6. The van der Waals surface area contributed by atoms with Gasteiger partial charge in [-0.3, -0.25) is 19.2 Å². The Morgan fingerprint density at radius 3 is 1.38 bits per heavy atom. The molecule has 2 aliphatic heterocycles. The highest BCUT2D eigenvalue weighted by molar-refractivity contribution is 6.24. The summed E-state index contributed by atoms with van der Waals surface area (Å²) in [5.74, 6) is -6.37. The van der Waals surface area contributed by atoms with Crippen molar-refractivity contribution in [1.29, 1.82) is 0 Å². The van der Waals surface area contributed by atoms with Crippen LogP contribution in [0.2, 0.25) is 0 Å². The Bertz CT molecular complexity index is 1400. The Kier molecular flexibility index (Phi) is 8.05. The van der Waals surface area contributed by atoms with Crippen LogP contribution in [0.3, 0.4) is 0 Å². The number of fused-ring (bicyclic) bond motifs is 2. The van der Waals surface area contributed by atoms with E-state index in [2.05, 4.69) is 0 Å². The van der Waals surface area contributed by atoms with Crippen LogP contribution in [0.25, 0.3) is 0 Å². The maximum absolute atomic E-state index is 13.7. The summed E-state index contributed by atoms with van der Waals surface area (Å²) in [7, 11) is 2.32. The minimum absolute atomic E-state index is 0.276. The number of esters is 2. The number of aliphatic hydroxyl groups is 2. The summed E-state index contributed by atoms with van der Waals surface area (Å²) in [5.41, 5.74) is -0.326. The van der Waals surface area contributed by atoms with Crippen LogP contribution in [0, 0.1) is 0 Å². The highest BCUT2D eigenvalue weighted by atomic mass is 16.6. The quantitative estimate of drug-likeness (QED) is 0.347. The number of allylic oxidation sites excluding steroid dienone is 2. The van der Waals surface area contributed by atoms with Crippen molar-refractivity contribution in [2.45, 2.75) is 24.7 Å². The third-order valence-electron chi connectivity index (χ3n) is 7.26. The van der Waals surface area contributed by atoms with E-state index in [1.54, 1.807) is 24.3 Å². The van der Waals surface area contributed by atoms with Crippen LogP contribution in [-0.2, 0) is 28.7 Å². The van der Waals surface area contributed by atoms with E-state index in [-0.39, 0.29) is 13.2 Å². The molecule has 1 aliphatic carbocycles. The second kappa shape index (κ2) is 11.9. The normalized spacial score (nSPS) is 17.5. The molecule has 2 aromatic rings. The molecule has 0 amide bonds. The molecule has 0 radical (unpaired) electrons. The lowest BCUT2D eigenvalue weighted by Gasteiger charge is -2.28. The number of benzene rings is 2. The second-order valence-corrected chi connectivity index (χ2v) is 9.65. The highest BCUT2D eigenvalue weighted by Gasteiger charge is 2.43. The van der Waals surface area contributed by atoms with Crippen molar-refractivity contribution in [3.63, 3.8) is 0 Å². The number of Topliss-reactive ketones (excluding diaryl/α,β-unsaturated/α-hetero) is 2. The van der Waals surface area contributed by atoms with E-state index in [9.17, 15) is 29.4 Å². The summed E-state index contributed by atoms with van der Waals surface area (Å²) < 4.78 is 31.9. The van der Waals surface area contributed by atoms with Crippen LogP contribution in [0.1, 0.15) is 35.8 Å². The molecule has 42 heavy (non-hydrogen) atoms. The largest absolute Gasteiger partial charge is 0.504 e. The molecule has 2 atom stereocenters. The lowest BCUT2D eigenvalue weighted by atomic mass is 9.75. The van der Waals surface area contributed by atoms with Gasteiger partial charge in [-0.25, -0.2) is 0 Å². The van der Waals surface area contributed by atoms with Crippen molar-refractivity contribution in [3.05, 3.63) is 70.2 Å². The van der Waals surface area contributed by atoms with Crippen LogP contribution in [0.4, 0.5) is 0 Å². The minimum atomic E-state index is -1.19. The van der Waals surface area contributed by atoms with E-state index in [0.29, 0.717) is 47.3 Å². The number of hydrogen-bond acceptors (Lipinski definition) is 12. The van der Waals surface area contributed by atoms with E-state index in [4.69, 9.17) is 28.4 Å². The van der Waals surface area contributed by atoms with Crippen LogP contribution in [0.5, 0.6) is 23.0 Å². The molecule has 2 heterocycles. The fourth-order valence-corrected chi connectivity index (χ4v) is 5.19. The van der Waals surface area contributed by atoms with Gasteiger partial charge in [0.2, 0.25) is 11.6 Å². The predicted molar refractivity (Wildman–Crippen MR) is 143 cm³/mol. The van der Waals surface area contributed by atoms with Gasteiger partial charge in [-0.15, -0.1) is 0 Å². The smallest absolute Gasteiger partial charge is 0.306 e. The fourth-order valence-electron chi connectivity index (χ4n) is 5.19. The van der Waals surface area contributed by atoms with Gasteiger partial charge in [0.05, 0.1) is 38.2 Å². The summed E-state index contributed by atoms with van der Waals surface area (Å²) >= 11 is 0. The Labute approximate surface area is 240 Å². The SMILES string of the molecule is COC(=O)C[C@H](C1=C(O)C(=O)C([C@H](CC(=O)OC)c2ccc3c(c2)OCCO3)=C(O)C1=O)c1ccc2c(c1)OCCO2. The second-order valence-electron chi connectivity index (χ2n) is 9.65. The third-order valence-corrected chi connectivity index (χ3v) is 7.26. The first-order valence-electron chi connectivity index (χ1n) is 13.1. The lowest BCUT2D eigenvalue weighted by molar-refractivity contribution is -0.142. The van der Waals surface area contributed by atoms with Crippen LogP contribution in [-0.4, -0.2) is 74.4 Å². The van der Waals surface area contributed by atoms with Crippen LogP contribution >= 0.6 is 0 Å². The average molecular weight is 581 g/mol. The van der Waals surface area contributed by atoms with E-state index < -0.39 is 70.8 Å². The Balaban J connectivity index is 1.58. The summed E-state index contributed by atoms with van der Waals surface area (Å²) in [6.45, 7) is 1.23. The van der Waals surface area contributed by atoms with Crippen LogP contribution in [0.15, 0.2) is 59.1 Å². The minimum Gasteiger partial charge on any atom is -0.504 e. The number of hydrogen-bond donors (Lipinski definition) is 2. The van der Waals surface area contributed by atoms with Gasteiger partial charge in [0.1, 0.15) is 26.4 Å². The summed E-state index contributed by atoms with van der Waals surface area (Å²) in [6, 6.07) is 9.35. The van der Waals surface area contributed by atoms with Crippen molar-refractivity contribution in [2.75, 3.05) is 40.6 Å². The van der Waals surface area contributed by atoms with Gasteiger partial charge in [0.25, 0.3) is 0 Å². The van der Waals surface area contributed by atoms with Gasteiger partial charge >= 0.3 is 11.9 Å². The Hall–Kier alpha value is -5.00. The van der Waals surface area contributed by atoms with E-state index in [0.717, 1.165) is 14.2 Å². The summed E-state index contributed by atoms with van der Waals surface area (Å²) in [4.78, 5) is 52.3. The maximum Gasteiger partial charge on any atom is 0.306 e. The van der Waals surface area contributed by atoms with Gasteiger partial charge in [-0.1, -0.05) is 12.1 Å². The molecule has 12 nitrogen and oxygen atoms in total. The number of ketones is 2. The Morgan fingerprint density at radius 2 is 1.02 bits per heavy atom. The molecule has 0 bridgehead atoms. The molecule has 0 spiro atoms. The number of rotatable bonds is 8. The number of methoxy groups -OCH3 is 2. The van der Waals surface area contributed by atoms with E-state index in [1.165, 1.54) is 12.1 Å². The lowest BCUT2D eigenvalue weighted by Crippen LogP contribution is -2.31. The predicted octanol–water partition coefficient (Wildman–Crippen LogP) is 3.00. The van der Waals surface area contributed by atoms with Gasteiger partial charge < -0.3 is 38.6 Å². The summed E-state index contributed by atoms with van der Waals surface area (Å²) in [6.07, 6.45) is -0.879. The fraction of sp³-hybridized carbons (Fsp3) is 0.333. The molecule has 0 fully saturated rings. The first-order valence-corrected chi connectivity index (χ1v) is 13.1. The van der Waals surface area contributed by atoms with Crippen molar-refractivity contribution in [2.24, 2.45) is 0 Å². The Morgan fingerprint density at radius 1 is 0.667 bits per heavy atom. The molecule has 3 aliphatic rings. The molecule has 0 aromatic heterocycles. The topological polar surface area (TPSA) is 164 Å². The number of carbonyl (C=O) groups excluding carboxylic acids is 4. The molecule has 0 saturated carbocycles.